The summed E-state index contributed by atoms with van der Waals surface area (Å²) in [5, 5.41) is 0. The van der Waals surface area contributed by atoms with Crippen molar-refractivity contribution in [2.24, 2.45) is 0 Å². The second kappa shape index (κ2) is 9.31. The molecule has 0 aliphatic heterocycles. The molecule has 0 unspecified atom stereocenters. The van der Waals surface area contributed by atoms with Gasteiger partial charge in [-0.25, -0.2) is 0 Å². The van der Waals surface area contributed by atoms with E-state index in [4.69, 9.17) is 17.0 Å². The van der Waals surface area contributed by atoms with Gasteiger partial charge in [0.1, 0.15) is 3.82 Å². The Morgan fingerprint density at radius 3 is 2.31 bits per heavy atom. The second-order valence-corrected chi connectivity index (χ2v) is 5.40. The van der Waals surface area contributed by atoms with Crippen LogP contribution in [0.1, 0.15) is 6.92 Å². The number of hydrogen-bond donors (Lipinski definition) is 0. The molecule has 0 bridgehead atoms. The number of rotatable bonds is 1. The van der Waals surface area contributed by atoms with Crippen molar-refractivity contribution in [1.82, 2.24) is 0 Å². The molecule has 0 fully saturated rings. The van der Waals surface area contributed by atoms with Gasteiger partial charge in [0.2, 0.25) is 0 Å². The molecule has 5 heteroatoms. The van der Waals surface area contributed by atoms with Gasteiger partial charge in [-0.3, -0.25) is 6.29 Å². The van der Waals surface area contributed by atoms with E-state index in [1.165, 1.54) is 23.7 Å². The van der Waals surface area contributed by atoms with Crippen molar-refractivity contribution in [2.75, 3.05) is 0 Å². The molecular weight excluding hydrogens is 333 g/mol. The smallest absolute Gasteiger partial charge is 0.102 e. The molecular formula is C11H8OS3Y-2. The molecule has 16 heavy (non-hydrogen) atoms. The monoisotopic (exact) mass is 341 g/mol. The number of carbonyl (C=O) groups excluding carboxylic acids is 1. The molecule has 0 aliphatic rings. The molecule has 1 radical (unpaired) electrons. The van der Waals surface area contributed by atoms with Crippen molar-refractivity contribution in [3.63, 3.8) is 0 Å². The molecule has 0 N–H and O–H groups in total. The summed E-state index contributed by atoms with van der Waals surface area (Å²) in [6.45, 7) is 1.32. The Labute approximate surface area is 133 Å². The van der Waals surface area contributed by atoms with E-state index in [0.29, 0.717) is 0 Å². The van der Waals surface area contributed by atoms with Gasteiger partial charge in [-0.15, -0.1) is 5.56 Å². The average Bonchev–Trinajstić information content (AvgIpc) is 2.67. The third-order valence-corrected chi connectivity index (χ3v) is 4.38. The van der Waals surface area contributed by atoms with Crippen LogP contribution >= 0.6 is 32.9 Å². The number of benzene rings is 1. The van der Waals surface area contributed by atoms with E-state index in [2.05, 4.69) is 6.07 Å². The first-order chi connectivity index (χ1) is 7.27. The fraction of sp³-hybridized carbons (Fsp3) is 0.0909. The van der Waals surface area contributed by atoms with Crippen LogP contribution in [0.2, 0.25) is 0 Å². The molecule has 1 nitrogen and oxygen atoms in total. The zero-order valence-electron chi connectivity index (χ0n) is 8.60. The van der Waals surface area contributed by atoms with Gasteiger partial charge in [-0.05, 0) is 6.07 Å². The third kappa shape index (κ3) is 5.55. The summed E-state index contributed by atoms with van der Waals surface area (Å²) in [5.41, 5.74) is 1.23. The van der Waals surface area contributed by atoms with E-state index in [-0.39, 0.29) is 32.7 Å². The van der Waals surface area contributed by atoms with Crippen molar-refractivity contribution < 1.29 is 37.5 Å². The van der Waals surface area contributed by atoms with Crippen LogP contribution in [0, 0.1) is 9.89 Å². The van der Waals surface area contributed by atoms with Crippen LogP contribution in [0.5, 0.6) is 0 Å². The molecule has 0 spiro atoms. The van der Waals surface area contributed by atoms with Crippen LogP contribution in [0.4, 0.5) is 0 Å². The largest absolute Gasteiger partial charge is 0.542 e. The minimum Gasteiger partial charge on any atom is -0.542 e. The molecule has 2 rings (SSSR count). The molecule has 2 aromatic rings. The maximum Gasteiger partial charge on any atom is 0.102 e. The Balaban J connectivity index is 0.000000511. The molecule has 1 aromatic carbocycles. The van der Waals surface area contributed by atoms with Gasteiger partial charge < -0.3 is 4.79 Å². The summed E-state index contributed by atoms with van der Waals surface area (Å²) in [5.74, 6) is 0. The predicted molar refractivity (Wildman–Crippen MR) is 68.7 cm³/mol. The van der Waals surface area contributed by atoms with Gasteiger partial charge in [0.05, 0.1) is 0 Å². The topological polar surface area (TPSA) is 17.1 Å². The first-order valence-electron chi connectivity index (χ1n) is 4.13. The summed E-state index contributed by atoms with van der Waals surface area (Å²) in [6, 6.07) is 13.0. The average molecular weight is 341 g/mol. The quantitative estimate of drug-likeness (QED) is 0.441. The van der Waals surface area contributed by atoms with E-state index in [1.54, 1.807) is 20.7 Å². The molecule has 81 valence electrons. The Kier molecular flexibility index (Phi) is 9.46. The van der Waals surface area contributed by atoms with Crippen molar-refractivity contribution in [1.29, 1.82) is 0 Å². The van der Waals surface area contributed by atoms with Gasteiger partial charge in [0, 0.05) is 37.6 Å². The predicted octanol–water partition coefficient (Wildman–Crippen LogP) is 4.12. The van der Waals surface area contributed by atoms with E-state index < -0.39 is 0 Å². The Hall–Kier alpha value is 0.264. The van der Waals surface area contributed by atoms with E-state index in [1.807, 2.05) is 30.3 Å². The Bertz CT molecular complexity index is 461. The maximum absolute atomic E-state index is 8.68. The summed E-state index contributed by atoms with van der Waals surface area (Å²) in [4.78, 5) is 9.93. The first kappa shape index (κ1) is 16.3. The van der Waals surface area contributed by atoms with Crippen LogP contribution in [0.25, 0.3) is 10.4 Å². The minimum absolute atomic E-state index is 0. The van der Waals surface area contributed by atoms with Gasteiger partial charge in [0.15, 0.2) is 0 Å². The summed E-state index contributed by atoms with van der Waals surface area (Å²) in [7, 11) is 3.37. The molecule has 0 atom stereocenters. The minimum atomic E-state index is 0. The molecule has 0 aliphatic carbocycles. The molecule has 0 saturated heterocycles. The van der Waals surface area contributed by atoms with E-state index in [9.17, 15) is 0 Å². The Morgan fingerprint density at radius 2 is 1.88 bits per heavy atom. The molecule has 1 heterocycles. The van der Waals surface area contributed by atoms with Gasteiger partial charge in [0.25, 0.3) is 0 Å². The molecule has 0 amide bonds. The van der Waals surface area contributed by atoms with E-state index >= 15 is 0 Å². The van der Waals surface area contributed by atoms with Crippen LogP contribution in [0.3, 0.4) is 0 Å². The summed E-state index contributed by atoms with van der Waals surface area (Å²) in [6.07, 6.45) is 1.50. The second-order valence-electron chi connectivity index (χ2n) is 2.49. The number of hydrogen-bond acceptors (Lipinski definition) is 4. The zero-order valence-corrected chi connectivity index (χ0v) is 13.9. The SMILES string of the molecule is C[C-]=O.S=c1cc(-c2cc[c-]cc2)ss1.[Y]. The van der Waals surface area contributed by atoms with Gasteiger partial charge >= 0.3 is 0 Å². The first-order valence-corrected chi connectivity index (χ1v) is 6.69. The Morgan fingerprint density at radius 1 is 1.31 bits per heavy atom. The maximum atomic E-state index is 8.68. The fourth-order valence-corrected chi connectivity index (χ4v) is 3.33. The van der Waals surface area contributed by atoms with Crippen LogP contribution in [-0.2, 0) is 37.5 Å². The van der Waals surface area contributed by atoms with E-state index in [0.717, 1.165) is 3.82 Å². The van der Waals surface area contributed by atoms with Crippen LogP contribution in [-0.4, -0.2) is 6.29 Å². The fourth-order valence-electron chi connectivity index (χ4n) is 0.924. The molecule has 0 saturated carbocycles. The molecule has 1 aromatic heterocycles. The van der Waals surface area contributed by atoms with Gasteiger partial charge in [-0.2, -0.15) is 37.3 Å². The van der Waals surface area contributed by atoms with Crippen molar-refractivity contribution >= 4 is 39.2 Å². The van der Waals surface area contributed by atoms with Crippen molar-refractivity contribution in [3.05, 3.63) is 40.2 Å². The summed E-state index contributed by atoms with van der Waals surface area (Å²) < 4.78 is 0.961. The summed E-state index contributed by atoms with van der Waals surface area (Å²) >= 11 is 5.05. The van der Waals surface area contributed by atoms with Crippen molar-refractivity contribution in [3.8, 4) is 10.4 Å². The van der Waals surface area contributed by atoms with Crippen molar-refractivity contribution in [2.45, 2.75) is 6.92 Å². The van der Waals surface area contributed by atoms with Crippen LogP contribution < -0.4 is 0 Å². The third-order valence-electron chi connectivity index (χ3n) is 1.47. The normalized spacial score (nSPS) is 8.31. The van der Waals surface area contributed by atoms with Gasteiger partial charge in [-0.1, -0.05) is 32.9 Å². The standard InChI is InChI=1S/C9H5S3.C2H3O.Y/c10-9-6-8(11-12-9)7-4-2-1-3-5-7;1-2-3;/h2-6H;1H3;/q2*-1;. The van der Waals surface area contributed by atoms with Crippen LogP contribution in [0.15, 0.2) is 30.3 Å². The zero-order chi connectivity index (χ0) is 11.1.